The fourth-order valence-corrected chi connectivity index (χ4v) is 0.865. The van der Waals surface area contributed by atoms with Gasteiger partial charge in [-0.15, -0.1) is 11.6 Å². The largest absolute Gasteiger partial charge is 0.508 e. The molecule has 1 aromatic rings. The van der Waals surface area contributed by atoms with E-state index in [1.165, 1.54) is 0 Å². The lowest BCUT2D eigenvalue weighted by Gasteiger charge is -2.02. The summed E-state index contributed by atoms with van der Waals surface area (Å²) in [6.45, 7) is 0.742. The van der Waals surface area contributed by atoms with E-state index < -0.39 is 0 Å². The Balaban J connectivity index is 2.52. The van der Waals surface area contributed by atoms with E-state index in [4.69, 9.17) is 16.7 Å². The predicted octanol–water partition coefficient (Wildman–Crippen LogP) is 2.04. The molecule has 0 radical (unpaired) electrons. The summed E-state index contributed by atoms with van der Waals surface area (Å²) in [7, 11) is 0. The molecule has 11 heavy (non-hydrogen) atoms. The Bertz CT molecular complexity index is 210. The second-order valence-corrected chi connectivity index (χ2v) is 2.54. The van der Waals surface area contributed by atoms with Gasteiger partial charge in [0.25, 0.3) is 0 Å². The van der Waals surface area contributed by atoms with Gasteiger partial charge in [0.05, 0.1) is 0 Å². The maximum atomic E-state index is 8.93. The topological polar surface area (TPSA) is 32.3 Å². The first-order valence-corrected chi connectivity index (χ1v) is 3.95. The predicted molar refractivity (Wildman–Crippen MR) is 47.3 cm³/mol. The monoisotopic (exact) mass is 171 g/mol. The molecule has 1 rings (SSSR count). The highest BCUT2D eigenvalue weighted by atomic mass is 35.5. The minimum atomic E-state index is 0.279. The molecule has 0 spiro atoms. The van der Waals surface area contributed by atoms with E-state index in [0.29, 0.717) is 5.88 Å². The fourth-order valence-electron chi connectivity index (χ4n) is 0.771. The molecule has 3 heteroatoms. The van der Waals surface area contributed by atoms with E-state index in [1.807, 2.05) is 12.1 Å². The zero-order valence-corrected chi connectivity index (χ0v) is 6.80. The molecule has 0 aliphatic heterocycles. The number of halogens is 1. The molecule has 0 aliphatic rings. The van der Waals surface area contributed by atoms with Gasteiger partial charge in [-0.2, -0.15) is 0 Å². The summed E-state index contributed by atoms with van der Waals surface area (Å²) in [6, 6.07) is 6.89. The normalized spacial score (nSPS) is 9.55. The molecule has 60 valence electrons. The van der Waals surface area contributed by atoms with Gasteiger partial charge >= 0.3 is 0 Å². The summed E-state index contributed by atoms with van der Waals surface area (Å²) in [5.74, 6) is 0.863. The summed E-state index contributed by atoms with van der Waals surface area (Å²) in [5.41, 5.74) is 0.975. The van der Waals surface area contributed by atoms with Gasteiger partial charge in [0.15, 0.2) is 0 Å². The van der Waals surface area contributed by atoms with Crippen LogP contribution < -0.4 is 5.32 Å². The molecule has 1 aromatic carbocycles. The first-order chi connectivity index (χ1) is 5.33. The van der Waals surface area contributed by atoms with Crippen LogP contribution in [0, 0.1) is 0 Å². The lowest BCUT2D eigenvalue weighted by atomic mass is 10.3. The molecule has 0 bridgehead atoms. The van der Waals surface area contributed by atoms with Gasteiger partial charge in [0.1, 0.15) is 5.75 Å². The number of rotatable bonds is 3. The summed E-state index contributed by atoms with van der Waals surface area (Å²) in [4.78, 5) is 0. The number of phenols is 1. The lowest BCUT2D eigenvalue weighted by molar-refractivity contribution is 0.475. The number of alkyl halides is 1. The summed E-state index contributed by atoms with van der Waals surface area (Å²) in [5, 5.41) is 12.0. The van der Waals surface area contributed by atoms with Crippen molar-refractivity contribution in [1.82, 2.24) is 0 Å². The van der Waals surface area contributed by atoms with Crippen LogP contribution in [0.4, 0.5) is 5.69 Å². The highest BCUT2D eigenvalue weighted by Crippen LogP contribution is 2.12. The first-order valence-electron chi connectivity index (χ1n) is 3.42. The standard InChI is InChI=1S/C8H10ClNO/c9-5-6-10-7-1-3-8(11)4-2-7/h1-4,10-11H,5-6H2. The van der Waals surface area contributed by atoms with Crippen LogP contribution in [0.15, 0.2) is 24.3 Å². The average molecular weight is 172 g/mol. The Morgan fingerprint density at radius 2 is 1.91 bits per heavy atom. The number of hydrogen-bond donors (Lipinski definition) is 2. The Morgan fingerprint density at radius 1 is 1.27 bits per heavy atom. The summed E-state index contributed by atoms with van der Waals surface area (Å²) < 4.78 is 0. The van der Waals surface area contributed by atoms with Crippen molar-refractivity contribution in [3.05, 3.63) is 24.3 Å². The van der Waals surface area contributed by atoms with E-state index in [9.17, 15) is 0 Å². The number of benzene rings is 1. The molecule has 0 unspecified atom stereocenters. The number of hydrogen-bond acceptors (Lipinski definition) is 2. The third-order valence-corrected chi connectivity index (χ3v) is 1.48. The maximum absolute atomic E-state index is 8.93. The van der Waals surface area contributed by atoms with Crippen molar-refractivity contribution in [3.8, 4) is 5.75 Å². The number of nitrogens with one attached hydrogen (secondary N) is 1. The fraction of sp³-hybridized carbons (Fsp3) is 0.250. The van der Waals surface area contributed by atoms with Crippen LogP contribution in [0.2, 0.25) is 0 Å². The minimum Gasteiger partial charge on any atom is -0.508 e. The summed E-state index contributed by atoms with van der Waals surface area (Å²) >= 11 is 5.47. The van der Waals surface area contributed by atoms with Crippen molar-refractivity contribution in [3.63, 3.8) is 0 Å². The third-order valence-electron chi connectivity index (χ3n) is 1.29. The average Bonchev–Trinajstić information content (AvgIpc) is 2.04. The molecule has 0 saturated carbocycles. The van der Waals surface area contributed by atoms with E-state index in [1.54, 1.807) is 12.1 Å². The number of anilines is 1. The van der Waals surface area contributed by atoms with Crippen molar-refractivity contribution in [1.29, 1.82) is 0 Å². The van der Waals surface area contributed by atoms with Gasteiger partial charge in [0.2, 0.25) is 0 Å². The highest BCUT2D eigenvalue weighted by Gasteiger charge is 1.89. The van der Waals surface area contributed by atoms with Crippen LogP contribution in [0.25, 0.3) is 0 Å². The molecule has 0 saturated heterocycles. The van der Waals surface area contributed by atoms with Crippen LogP contribution in [0.5, 0.6) is 5.75 Å². The number of aromatic hydroxyl groups is 1. The SMILES string of the molecule is Oc1ccc(NCCCl)cc1. The number of phenolic OH excluding ortho intramolecular Hbond substituents is 1. The van der Waals surface area contributed by atoms with Crippen LogP contribution >= 0.6 is 11.6 Å². The minimum absolute atomic E-state index is 0.279. The van der Waals surface area contributed by atoms with Gasteiger partial charge in [-0.25, -0.2) is 0 Å². The van der Waals surface area contributed by atoms with Crippen LogP contribution in [0.3, 0.4) is 0 Å². The highest BCUT2D eigenvalue weighted by molar-refractivity contribution is 6.18. The second-order valence-electron chi connectivity index (χ2n) is 2.16. The molecule has 2 N–H and O–H groups in total. The van der Waals surface area contributed by atoms with Gasteiger partial charge in [-0.3, -0.25) is 0 Å². The molecule has 0 atom stereocenters. The van der Waals surface area contributed by atoms with Crippen molar-refractivity contribution >= 4 is 17.3 Å². The molecule has 0 heterocycles. The lowest BCUT2D eigenvalue weighted by Crippen LogP contribution is -2.01. The Morgan fingerprint density at radius 3 is 2.45 bits per heavy atom. The van der Waals surface area contributed by atoms with Gasteiger partial charge in [-0.1, -0.05) is 0 Å². The zero-order valence-electron chi connectivity index (χ0n) is 6.05. The first kappa shape index (κ1) is 8.21. The van der Waals surface area contributed by atoms with Crippen LogP contribution in [-0.4, -0.2) is 17.5 Å². The molecule has 0 amide bonds. The molecule has 0 aromatic heterocycles. The summed E-state index contributed by atoms with van der Waals surface area (Å²) in [6.07, 6.45) is 0. The molecular formula is C8H10ClNO. The van der Waals surface area contributed by atoms with E-state index in [2.05, 4.69) is 5.32 Å². The van der Waals surface area contributed by atoms with Gasteiger partial charge in [0, 0.05) is 18.1 Å². The third kappa shape index (κ3) is 2.68. The zero-order chi connectivity index (χ0) is 8.10. The molecule has 0 aliphatic carbocycles. The van der Waals surface area contributed by atoms with Gasteiger partial charge < -0.3 is 10.4 Å². The van der Waals surface area contributed by atoms with E-state index in [0.717, 1.165) is 12.2 Å². The molecule has 2 nitrogen and oxygen atoms in total. The van der Waals surface area contributed by atoms with Gasteiger partial charge in [-0.05, 0) is 24.3 Å². The van der Waals surface area contributed by atoms with E-state index >= 15 is 0 Å². The van der Waals surface area contributed by atoms with Crippen molar-refractivity contribution in [2.24, 2.45) is 0 Å². The quantitative estimate of drug-likeness (QED) is 0.539. The maximum Gasteiger partial charge on any atom is 0.115 e. The Labute approximate surface area is 70.8 Å². The van der Waals surface area contributed by atoms with Crippen molar-refractivity contribution in [2.75, 3.05) is 17.7 Å². The Hall–Kier alpha value is -0.890. The van der Waals surface area contributed by atoms with Crippen molar-refractivity contribution < 1.29 is 5.11 Å². The second kappa shape index (κ2) is 4.09. The van der Waals surface area contributed by atoms with Crippen LogP contribution in [-0.2, 0) is 0 Å². The smallest absolute Gasteiger partial charge is 0.115 e. The van der Waals surface area contributed by atoms with E-state index in [-0.39, 0.29) is 5.75 Å². The molecular weight excluding hydrogens is 162 g/mol. The molecule has 0 fully saturated rings. The van der Waals surface area contributed by atoms with Crippen molar-refractivity contribution in [2.45, 2.75) is 0 Å². The van der Waals surface area contributed by atoms with Crippen LogP contribution in [0.1, 0.15) is 0 Å². The Kier molecular flexibility index (Phi) is 3.05.